The van der Waals surface area contributed by atoms with Crippen molar-refractivity contribution in [1.29, 1.82) is 0 Å². The van der Waals surface area contributed by atoms with E-state index in [1.807, 2.05) is 18.2 Å². The Kier molecular flexibility index (Phi) is 2.08. The van der Waals surface area contributed by atoms with Crippen molar-refractivity contribution in [2.24, 2.45) is 0 Å². The Morgan fingerprint density at radius 2 is 1.82 bits per heavy atom. The van der Waals surface area contributed by atoms with E-state index < -0.39 is 0 Å². The first kappa shape index (κ1) is 9.84. The van der Waals surface area contributed by atoms with E-state index in [1.165, 1.54) is 6.07 Å². The quantitative estimate of drug-likeness (QED) is 0.737. The predicted molar refractivity (Wildman–Crippen MR) is 64.1 cm³/mol. The monoisotopic (exact) mass is 229 g/mol. The molecule has 1 heterocycles. The van der Waals surface area contributed by atoms with Gasteiger partial charge >= 0.3 is 0 Å². The van der Waals surface area contributed by atoms with E-state index in [1.54, 1.807) is 12.1 Å². The molecule has 0 saturated carbocycles. The lowest BCUT2D eigenvalue weighted by molar-refractivity contribution is 0.174. The van der Waals surface area contributed by atoms with Crippen molar-refractivity contribution in [2.75, 3.05) is 12.5 Å². The molecule has 2 aromatic rings. The summed E-state index contributed by atoms with van der Waals surface area (Å²) in [6.45, 7) is 0.243. The third-order valence-corrected chi connectivity index (χ3v) is 2.71. The molecular weight excluding hydrogens is 218 g/mol. The summed E-state index contributed by atoms with van der Waals surface area (Å²) in [4.78, 5) is 0. The molecule has 1 aliphatic rings. The lowest BCUT2D eigenvalue weighted by Gasteiger charge is -2.06. The Hall–Kier alpha value is -2.36. The van der Waals surface area contributed by atoms with E-state index in [-0.39, 0.29) is 12.5 Å². The first-order chi connectivity index (χ1) is 8.24. The van der Waals surface area contributed by atoms with Gasteiger partial charge < -0.3 is 20.3 Å². The van der Waals surface area contributed by atoms with Crippen LogP contribution in [0.4, 0.5) is 5.69 Å². The molecule has 0 fully saturated rings. The Morgan fingerprint density at radius 3 is 2.65 bits per heavy atom. The van der Waals surface area contributed by atoms with Crippen LogP contribution < -0.4 is 15.2 Å². The number of aromatic hydroxyl groups is 1. The van der Waals surface area contributed by atoms with Gasteiger partial charge in [0, 0.05) is 17.3 Å². The van der Waals surface area contributed by atoms with E-state index in [9.17, 15) is 5.11 Å². The lowest BCUT2D eigenvalue weighted by atomic mass is 10.0. The van der Waals surface area contributed by atoms with Gasteiger partial charge in [-0.15, -0.1) is 0 Å². The summed E-state index contributed by atoms with van der Waals surface area (Å²) in [6, 6.07) is 10.6. The van der Waals surface area contributed by atoms with Gasteiger partial charge in [-0.2, -0.15) is 0 Å². The summed E-state index contributed by atoms with van der Waals surface area (Å²) in [6.07, 6.45) is 0. The van der Waals surface area contributed by atoms with E-state index in [2.05, 4.69) is 0 Å². The van der Waals surface area contributed by atoms with Gasteiger partial charge in [-0.05, 0) is 29.8 Å². The van der Waals surface area contributed by atoms with Crippen molar-refractivity contribution < 1.29 is 14.6 Å². The molecule has 0 saturated heterocycles. The Bertz CT molecular complexity index is 581. The second-order valence-corrected chi connectivity index (χ2v) is 3.84. The van der Waals surface area contributed by atoms with Crippen LogP contribution in [0.5, 0.6) is 17.2 Å². The maximum Gasteiger partial charge on any atom is 0.231 e. The maximum atomic E-state index is 9.84. The van der Waals surface area contributed by atoms with Gasteiger partial charge in [0.15, 0.2) is 11.5 Å². The lowest BCUT2D eigenvalue weighted by Crippen LogP contribution is -1.92. The number of ether oxygens (including phenoxy) is 2. The largest absolute Gasteiger partial charge is 0.507 e. The molecule has 0 amide bonds. The number of phenolic OH excluding ortho intramolecular Hbond substituents is 1. The van der Waals surface area contributed by atoms with E-state index >= 15 is 0 Å². The Balaban J connectivity index is 2.09. The molecule has 86 valence electrons. The van der Waals surface area contributed by atoms with Crippen LogP contribution in [0.2, 0.25) is 0 Å². The molecular formula is C13H11NO3. The zero-order chi connectivity index (χ0) is 11.8. The standard InChI is InChI=1S/C13H11NO3/c14-9-2-3-10(11(15)6-9)8-1-4-12-13(5-8)17-7-16-12/h1-6,15H,7,14H2. The smallest absolute Gasteiger partial charge is 0.231 e. The summed E-state index contributed by atoms with van der Waals surface area (Å²) in [5.74, 6) is 1.58. The molecule has 0 unspecified atom stereocenters. The predicted octanol–water partition coefficient (Wildman–Crippen LogP) is 2.37. The van der Waals surface area contributed by atoms with Crippen LogP contribution in [0, 0.1) is 0 Å². The Morgan fingerprint density at radius 1 is 1.00 bits per heavy atom. The van der Waals surface area contributed by atoms with Crippen LogP contribution in [-0.2, 0) is 0 Å². The van der Waals surface area contributed by atoms with Crippen molar-refractivity contribution in [2.45, 2.75) is 0 Å². The summed E-state index contributed by atoms with van der Waals surface area (Å²) in [7, 11) is 0. The van der Waals surface area contributed by atoms with Crippen LogP contribution in [0.1, 0.15) is 0 Å². The molecule has 0 radical (unpaired) electrons. The fraction of sp³-hybridized carbons (Fsp3) is 0.0769. The van der Waals surface area contributed by atoms with Gasteiger partial charge in [0.1, 0.15) is 5.75 Å². The first-order valence-corrected chi connectivity index (χ1v) is 5.22. The van der Waals surface area contributed by atoms with E-state index in [0.717, 1.165) is 16.9 Å². The molecule has 17 heavy (non-hydrogen) atoms. The van der Waals surface area contributed by atoms with Crippen LogP contribution in [-0.4, -0.2) is 11.9 Å². The second kappa shape index (κ2) is 3.59. The minimum atomic E-state index is 0.156. The van der Waals surface area contributed by atoms with Crippen LogP contribution in [0.3, 0.4) is 0 Å². The molecule has 3 N–H and O–H groups in total. The van der Waals surface area contributed by atoms with Crippen LogP contribution >= 0.6 is 0 Å². The zero-order valence-corrected chi connectivity index (χ0v) is 9.01. The number of nitrogens with two attached hydrogens (primary N) is 1. The second-order valence-electron chi connectivity index (χ2n) is 3.84. The molecule has 1 aliphatic heterocycles. The third kappa shape index (κ3) is 1.63. The summed E-state index contributed by atoms with van der Waals surface area (Å²) in [5.41, 5.74) is 7.71. The fourth-order valence-corrected chi connectivity index (χ4v) is 1.86. The molecule has 4 heteroatoms. The summed E-state index contributed by atoms with van der Waals surface area (Å²) < 4.78 is 10.5. The zero-order valence-electron chi connectivity index (χ0n) is 9.01. The average molecular weight is 229 g/mol. The third-order valence-electron chi connectivity index (χ3n) is 2.71. The van der Waals surface area contributed by atoms with E-state index in [0.29, 0.717) is 11.4 Å². The van der Waals surface area contributed by atoms with Crippen LogP contribution in [0.15, 0.2) is 36.4 Å². The van der Waals surface area contributed by atoms with Gasteiger partial charge in [-0.3, -0.25) is 0 Å². The molecule has 0 aliphatic carbocycles. The maximum absolute atomic E-state index is 9.84. The van der Waals surface area contributed by atoms with Crippen molar-refractivity contribution in [3.63, 3.8) is 0 Å². The number of rotatable bonds is 1. The van der Waals surface area contributed by atoms with Gasteiger partial charge in [-0.25, -0.2) is 0 Å². The molecule has 0 spiro atoms. The highest BCUT2D eigenvalue weighted by Crippen LogP contribution is 2.38. The number of anilines is 1. The SMILES string of the molecule is Nc1ccc(-c2ccc3c(c2)OCO3)c(O)c1. The molecule has 4 nitrogen and oxygen atoms in total. The minimum Gasteiger partial charge on any atom is -0.507 e. The van der Waals surface area contributed by atoms with Gasteiger partial charge in [-0.1, -0.05) is 6.07 Å². The number of phenols is 1. The Labute approximate surface area is 98.2 Å². The average Bonchev–Trinajstić information content (AvgIpc) is 2.75. The molecule has 0 bridgehead atoms. The minimum absolute atomic E-state index is 0.156. The van der Waals surface area contributed by atoms with Crippen molar-refractivity contribution in [3.8, 4) is 28.4 Å². The topological polar surface area (TPSA) is 64.7 Å². The highest BCUT2D eigenvalue weighted by atomic mass is 16.7. The van der Waals surface area contributed by atoms with Gasteiger partial charge in [0.2, 0.25) is 6.79 Å². The number of benzene rings is 2. The van der Waals surface area contributed by atoms with Crippen molar-refractivity contribution in [3.05, 3.63) is 36.4 Å². The van der Waals surface area contributed by atoms with Crippen molar-refractivity contribution in [1.82, 2.24) is 0 Å². The number of hydrogen-bond donors (Lipinski definition) is 2. The van der Waals surface area contributed by atoms with Crippen LogP contribution in [0.25, 0.3) is 11.1 Å². The normalized spacial score (nSPS) is 12.7. The van der Waals surface area contributed by atoms with Gasteiger partial charge in [0.25, 0.3) is 0 Å². The number of hydrogen-bond acceptors (Lipinski definition) is 4. The van der Waals surface area contributed by atoms with Crippen molar-refractivity contribution >= 4 is 5.69 Å². The van der Waals surface area contributed by atoms with E-state index in [4.69, 9.17) is 15.2 Å². The molecule has 0 atom stereocenters. The molecule has 2 aromatic carbocycles. The molecule has 3 rings (SSSR count). The molecule has 0 aromatic heterocycles. The number of fused-ring (bicyclic) bond motifs is 1. The summed E-state index contributed by atoms with van der Waals surface area (Å²) in [5, 5.41) is 9.84. The fourth-order valence-electron chi connectivity index (χ4n) is 1.86. The number of nitrogen functional groups attached to an aromatic ring is 1. The van der Waals surface area contributed by atoms with Gasteiger partial charge in [0.05, 0.1) is 0 Å². The summed E-state index contributed by atoms with van der Waals surface area (Å²) >= 11 is 0. The first-order valence-electron chi connectivity index (χ1n) is 5.22. The highest BCUT2D eigenvalue weighted by molar-refractivity contribution is 5.74. The highest BCUT2D eigenvalue weighted by Gasteiger charge is 2.15.